The summed E-state index contributed by atoms with van der Waals surface area (Å²) in [6, 6.07) is 5.81. The van der Waals surface area contributed by atoms with E-state index >= 15 is 0 Å². The highest BCUT2D eigenvalue weighted by atomic mass is 32.2. The van der Waals surface area contributed by atoms with Crippen LogP contribution in [0.3, 0.4) is 0 Å². The summed E-state index contributed by atoms with van der Waals surface area (Å²) in [5.74, 6) is -3.67. The predicted octanol–water partition coefficient (Wildman–Crippen LogP) is 3.15. The van der Waals surface area contributed by atoms with E-state index in [-0.39, 0.29) is 29.4 Å². The number of benzene rings is 2. The summed E-state index contributed by atoms with van der Waals surface area (Å²) in [6.45, 7) is -0.0368. The van der Waals surface area contributed by atoms with E-state index in [9.17, 15) is 26.4 Å². The van der Waals surface area contributed by atoms with Gasteiger partial charge in [-0.2, -0.15) is 4.31 Å². The van der Waals surface area contributed by atoms with E-state index in [1.54, 1.807) is 0 Å². The zero-order valence-corrected chi connectivity index (χ0v) is 16.3. The molecule has 1 unspecified atom stereocenters. The number of nitrogens with one attached hydrogen (secondary N) is 1. The van der Waals surface area contributed by atoms with Crippen molar-refractivity contribution in [3.05, 3.63) is 53.8 Å². The molecule has 1 aliphatic rings. The topological polar surface area (TPSA) is 75.7 Å². The molecule has 10 heteroatoms. The van der Waals surface area contributed by atoms with Gasteiger partial charge in [-0.05, 0) is 43.2 Å². The van der Waals surface area contributed by atoms with Crippen molar-refractivity contribution in [2.75, 3.05) is 25.5 Å². The first kappa shape index (κ1) is 21.1. The average Bonchev–Trinajstić information content (AvgIpc) is 2.70. The zero-order chi connectivity index (χ0) is 21.2. The number of carbonyl (C=O) groups excluding carboxylic acids is 1. The molecule has 1 saturated heterocycles. The molecular formula is C19H19F3N2O4S. The Morgan fingerprint density at radius 3 is 2.55 bits per heavy atom. The second-order valence-corrected chi connectivity index (χ2v) is 8.52. The van der Waals surface area contributed by atoms with Gasteiger partial charge in [0.25, 0.3) is 0 Å². The van der Waals surface area contributed by atoms with Crippen LogP contribution in [0.15, 0.2) is 41.3 Å². The Bertz CT molecular complexity index is 1030. The van der Waals surface area contributed by atoms with Crippen molar-refractivity contribution in [1.82, 2.24) is 4.31 Å². The fourth-order valence-corrected chi connectivity index (χ4v) is 4.88. The monoisotopic (exact) mass is 428 g/mol. The van der Waals surface area contributed by atoms with Crippen molar-refractivity contribution in [3.8, 4) is 5.75 Å². The molecule has 1 aliphatic heterocycles. The summed E-state index contributed by atoms with van der Waals surface area (Å²) in [7, 11) is -2.86. The van der Waals surface area contributed by atoms with Gasteiger partial charge in [0.15, 0.2) is 0 Å². The number of hydrogen-bond acceptors (Lipinski definition) is 4. The van der Waals surface area contributed by atoms with Gasteiger partial charge in [0.1, 0.15) is 28.1 Å². The minimum Gasteiger partial charge on any atom is -0.495 e. The van der Waals surface area contributed by atoms with Crippen LogP contribution in [0.2, 0.25) is 0 Å². The number of amides is 1. The zero-order valence-electron chi connectivity index (χ0n) is 15.5. The lowest BCUT2D eigenvalue weighted by molar-refractivity contribution is -0.120. The Balaban J connectivity index is 1.80. The van der Waals surface area contributed by atoms with Crippen molar-refractivity contribution in [1.29, 1.82) is 0 Å². The summed E-state index contributed by atoms with van der Waals surface area (Å²) < 4.78 is 72.8. The van der Waals surface area contributed by atoms with Gasteiger partial charge in [-0.1, -0.05) is 0 Å². The Labute approximate surface area is 166 Å². The van der Waals surface area contributed by atoms with Crippen LogP contribution < -0.4 is 10.1 Å². The number of nitrogens with zero attached hydrogens (tertiary/aromatic N) is 1. The lowest BCUT2D eigenvalue weighted by Crippen LogP contribution is -2.43. The van der Waals surface area contributed by atoms with Crippen LogP contribution in [-0.4, -0.2) is 38.8 Å². The Morgan fingerprint density at radius 1 is 1.14 bits per heavy atom. The lowest BCUT2D eigenvalue weighted by atomic mass is 9.98. The van der Waals surface area contributed by atoms with Gasteiger partial charge in [0.2, 0.25) is 15.9 Å². The van der Waals surface area contributed by atoms with Crippen LogP contribution >= 0.6 is 0 Å². The molecule has 0 spiro atoms. The quantitative estimate of drug-likeness (QED) is 0.794. The number of anilines is 1. The summed E-state index contributed by atoms with van der Waals surface area (Å²) in [4.78, 5) is 12.2. The van der Waals surface area contributed by atoms with Crippen LogP contribution in [0.25, 0.3) is 0 Å². The molecule has 0 aliphatic carbocycles. The molecule has 1 amide bonds. The van der Waals surface area contributed by atoms with E-state index in [0.29, 0.717) is 12.8 Å². The molecule has 0 aromatic heterocycles. The van der Waals surface area contributed by atoms with Gasteiger partial charge in [0, 0.05) is 19.2 Å². The maximum Gasteiger partial charge on any atom is 0.246 e. The van der Waals surface area contributed by atoms with Crippen molar-refractivity contribution in [2.45, 2.75) is 17.7 Å². The maximum absolute atomic E-state index is 13.8. The normalized spacial score (nSPS) is 17.7. The number of carbonyl (C=O) groups is 1. The summed E-state index contributed by atoms with van der Waals surface area (Å²) in [5, 5.41) is 2.30. The molecular weight excluding hydrogens is 409 g/mol. The lowest BCUT2D eigenvalue weighted by Gasteiger charge is -2.31. The highest BCUT2D eigenvalue weighted by Gasteiger charge is 2.35. The van der Waals surface area contributed by atoms with Crippen LogP contribution in [0.5, 0.6) is 5.75 Å². The molecule has 2 aromatic carbocycles. The van der Waals surface area contributed by atoms with Crippen LogP contribution in [0, 0.1) is 23.4 Å². The molecule has 1 heterocycles. The Kier molecular flexibility index (Phi) is 6.13. The number of rotatable bonds is 5. The van der Waals surface area contributed by atoms with Crippen LogP contribution in [0.1, 0.15) is 12.8 Å². The summed E-state index contributed by atoms with van der Waals surface area (Å²) in [5.41, 5.74) is -0.318. The third-order valence-electron chi connectivity index (χ3n) is 4.68. The fraction of sp³-hybridized carbons (Fsp3) is 0.316. The largest absolute Gasteiger partial charge is 0.495 e. The van der Waals surface area contributed by atoms with Gasteiger partial charge in [-0.3, -0.25) is 4.79 Å². The summed E-state index contributed by atoms with van der Waals surface area (Å²) >= 11 is 0. The average molecular weight is 428 g/mol. The molecule has 2 aromatic rings. The van der Waals surface area contributed by atoms with Crippen LogP contribution in [-0.2, 0) is 14.8 Å². The van der Waals surface area contributed by atoms with E-state index in [1.165, 1.54) is 13.2 Å². The molecule has 1 N–H and O–H groups in total. The van der Waals surface area contributed by atoms with E-state index in [1.807, 2.05) is 0 Å². The molecule has 0 radical (unpaired) electrons. The highest BCUT2D eigenvalue weighted by molar-refractivity contribution is 7.89. The molecule has 1 fully saturated rings. The molecule has 1 atom stereocenters. The minimum absolute atomic E-state index is 0.0141. The molecule has 0 bridgehead atoms. The molecule has 3 rings (SSSR count). The molecule has 29 heavy (non-hydrogen) atoms. The number of sulfonamides is 1. The SMILES string of the molecule is COc1ccc(F)cc1S(=O)(=O)N1CCCC(C(=O)Nc2cc(F)ccc2F)C1. The first-order valence-electron chi connectivity index (χ1n) is 8.82. The smallest absolute Gasteiger partial charge is 0.246 e. The van der Waals surface area contributed by atoms with Crippen molar-refractivity contribution in [3.63, 3.8) is 0 Å². The number of hydrogen-bond donors (Lipinski definition) is 1. The molecule has 156 valence electrons. The van der Waals surface area contributed by atoms with E-state index in [4.69, 9.17) is 4.74 Å². The number of methoxy groups -OCH3 is 1. The fourth-order valence-electron chi connectivity index (χ4n) is 3.19. The standard InChI is InChI=1S/C19H19F3N2O4S/c1-28-17-7-5-14(21)10-18(17)29(26,27)24-8-2-3-12(11-24)19(25)23-16-9-13(20)4-6-15(16)22/h4-7,9-10,12H,2-3,8,11H2,1H3,(H,23,25). The molecule has 6 nitrogen and oxygen atoms in total. The van der Waals surface area contributed by atoms with E-state index in [0.717, 1.165) is 34.6 Å². The van der Waals surface area contributed by atoms with Gasteiger partial charge >= 0.3 is 0 Å². The minimum atomic E-state index is -4.13. The number of halogens is 3. The van der Waals surface area contributed by atoms with E-state index < -0.39 is 39.3 Å². The first-order valence-corrected chi connectivity index (χ1v) is 10.3. The number of piperidine rings is 1. The van der Waals surface area contributed by atoms with Crippen molar-refractivity contribution in [2.24, 2.45) is 5.92 Å². The summed E-state index contributed by atoms with van der Waals surface area (Å²) in [6.07, 6.45) is 0.746. The van der Waals surface area contributed by atoms with Crippen molar-refractivity contribution < 1.29 is 31.1 Å². The van der Waals surface area contributed by atoms with Gasteiger partial charge in [-0.25, -0.2) is 21.6 Å². The van der Waals surface area contributed by atoms with E-state index in [2.05, 4.69) is 5.32 Å². The van der Waals surface area contributed by atoms with Gasteiger partial charge in [-0.15, -0.1) is 0 Å². The van der Waals surface area contributed by atoms with Crippen LogP contribution in [0.4, 0.5) is 18.9 Å². The maximum atomic E-state index is 13.8. The third kappa shape index (κ3) is 4.54. The first-order chi connectivity index (χ1) is 13.7. The third-order valence-corrected chi connectivity index (χ3v) is 6.57. The highest BCUT2D eigenvalue weighted by Crippen LogP contribution is 2.31. The van der Waals surface area contributed by atoms with Crippen molar-refractivity contribution >= 4 is 21.6 Å². The van der Waals surface area contributed by atoms with Gasteiger partial charge < -0.3 is 10.1 Å². The Morgan fingerprint density at radius 2 is 1.83 bits per heavy atom. The second kappa shape index (κ2) is 8.42. The Hall–Kier alpha value is -2.59. The predicted molar refractivity (Wildman–Crippen MR) is 99.4 cm³/mol. The number of ether oxygens (including phenoxy) is 1. The van der Waals surface area contributed by atoms with Gasteiger partial charge in [0.05, 0.1) is 18.7 Å². The second-order valence-electron chi connectivity index (χ2n) is 6.61. The molecule has 0 saturated carbocycles.